The Kier molecular flexibility index (Phi) is 4.28. The zero-order valence-electron chi connectivity index (χ0n) is 13.7. The smallest absolute Gasteiger partial charge is 0.118 e. The third-order valence-corrected chi connectivity index (χ3v) is 4.65. The number of hydrogen-bond acceptors (Lipinski definition) is 1. The minimum Gasteiger partial charge on any atom is -0.301 e. The van der Waals surface area contributed by atoms with E-state index >= 15 is 0 Å². The summed E-state index contributed by atoms with van der Waals surface area (Å²) in [5.74, 6) is 0. The topological polar surface area (TPSA) is 3.24 Å². The van der Waals surface area contributed by atoms with Crippen LogP contribution in [0.2, 0.25) is 0 Å². The minimum atomic E-state index is 0.794. The second-order valence-electron chi connectivity index (χ2n) is 5.87. The van der Waals surface area contributed by atoms with Crippen molar-refractivity contribution in [3.05, 3.63) is 109 Å². The molecule has 0 amide bonds. The monoisotopic (exact) mass is 339 g/mol. The molecule has 4 aromatic carbocycles. The first-order valence-electron chi connectivity index (χ1n) is 8.26. The van der Waals surface area contributed by atoms with Crippen molar-refractivity contribution >= 4 is 39.4 Å². The predicted molar refractivity (Wildman–Crippen MR) is 111 cm³/mol. The number of hydrogen-bond donors (Lipinski definition) is 0. The maximum atomic E-state index is 5.85. The number of rotatable bonds is 3. The molecule has 4 aromatic rings. The summed E-state index contributed by atoms with van der Waals surface area (Å²) >= 11 is 5.85. The Labute approximate surface area is 153 Å². The van der Waals surface area contributed by atoms with Crippen molar-refractivity contribution in [2.45, 2.75) is 0 Å². The molecule has 0 aliphatic heterocycles. The molecular formula is C23H17NS. The van der Waals surface area contributed by atoms with Gasteiger partial charge in [-0.25, -0.2) is 0 Å². The van der Waals surface area contributed by atoms with Gasteiger partial charge in [0.2, 0.25) is 0 Å². The van der Waals surface area contributed by atoms with Crippen LogP contribution in [-0.2, 0) is 0 Å². The van der Waals surface area contributed by atoms with Crippen LogP contribution in [0.1, 0.15) is 5.56 Å². The summed E-state index contributed by atoms with van der Waals surface area (Å²) in [5.41, 5.74) is 3.17. The molecule has 0 radical (unpaired) electrons. The van der Waals surface area contributed by atoms with E-state index in [1.807, 2.05) is 36.4 Å². The SMILES string of the molecule is S=C(c1ccccc1)N(c1ccccc1)c1ccc2ccccc2c1. The van der Waals surface area contributed by atoms with E-state index in [0.29, 0.717) is 0 Å². The lowest BCUT2D eigenvalue weighted by atomic mass is 10.1. The molecule has 0 fully saturated rings. The van der Waals surface area contributed by atoms with Crippen molar-refractivity contribution < 1.29 is 0 Å². The van der Waals surface area contributed by atoms with Crippen LogP contribution in [0.5, 0.6) is 0 Å². The van der Waals surface area contributed by atoms with E-state index < -0.39 is 0 Å². The van der Waals surface area contributed by atoms with E-state index in [0.717, 1.165) is 21.9 Å². The van der Waals surface area contributed by atoms with Crippen molar-refractivity contribution in [3.63, 3.8) is 0 Å². The van der Waals surface area contributed by atoms with Crippen LogP contribution in [0.25, 0.3) is 10.8 Å². The van der Waals surface area contributed by atoms with Gasteiger partial charge in [0.1, 0.15) is 4.99 Å². The zero-order chi connectivity index (χ0) is 17.1. The first-order valence-corrected chi connectivity index (χ1v) is 8.67. The third kappa shape index (κ3) is 3.17. The molecule has 0 saturated carbocycles. The van der Waals surface area contributed by atoms with E-state index in [1.165, 1.54) is 10.8 Å². The van der Waals surface area contributed by atoms with Gasteiger partial charge in [-0.05, 0) is 35.0 Å². The molecule has 0 aliphatic rings. The lowest BCUT2D eigenvalue weighted by molar-refractivity contribution is 1.37. The van der Waals surface area contributed by atoms with Crippen molar-refractivity contribution in [1.82, 2.24) is 0 Å². The lowest BCUT2D eigenvalue weighted by Gasteiger charge is -2.26. The standard InChI is InChI=1S/C23H17NS/c25-23(19-10-3-1-4-11-19)24(21-13-5-2-6-14-21)22-16-15-18-9-7-8-12-20(18)17-22/h1-17H. The summed E-state index contributed by atoms with van der Waals surface area (Å²) in [6, 6.07) is 35.3. The lowest BCUT2D eigenvalue weighted by Crippen LogP contribution is -2.24. The molecular weight excluding hydrogens is 322 g/mol. The van der Waals surface area contributed by atoms with Gasteiger partial charge in [0.05, 0.1) is 0 Å². The summed E-state index contributed by atoms with van der Waals surface area (Å²) in [6.45, 7) is 0. The number of anilines is 2. The van der Waals surface area contributed by atoms with Gasteiger partial charge >= 0.3 is 0 Å². The molecule has 0 atom stereocenters. The Hall–Kier alpha value is -2.97. The van der Waals surface area contributed by atoms with Gasteiger partial charge in [0.15, 0.2) is 0 Å². The Bertz CT molecular complexity index is 1010. The Balaban J connectivity index is 1.86. The molecule has 0 heterocycles. The highest BCUT2D eigenvalue weighted by molar-refractivity contribution is 7.81. The number of benzene rings is 4. The molecule has 0 spiro atoms. The summed E-state index contributed by atoms with van der Waals surface area (Å²) in [5, 5.41) is 2.43. The molecule has 0 aliphatic carbocycles. The maximum Gasteiger partial charge on any atom is 0.118 e. The molecule has 25 heavy (non-hydrogen) atoms. The Morgan fingerprint density at radius 1 is 0.560 bits per heavy atom. The van der Waals surface area contributed by atoms with Crippen LogP contribution in [0, 0.1) is 0 Å². The minimum absolute atomic E-state index is 0.794. The quantitative estimate of drug-likeness (QED) is 0.400. The molecule has 0 bridgehead atoms. The van der Waals surface area contributed by atoms with E-state index in [2.05, 4.69) is 71.6 Å². The molecule has 0 unspecified atom stereocenters. The van der Waals surface area contributed by atoms with Crippen molar-refractivity contribution in [2.24, 2.45) is 0 Å². The summed E-state index contributed by atoms with van der Waals surface area (Å²) in [7, 11) is 0. The van der Waals surface area contributed by atoms with Crippen molar-refractivity contribution in [3.8, 4) is 0 Å². The van der Waals surface area contributed by atoms with E-state index in [4.69, 9.17) is 12.2 Å². The zero-order valence-corrected chi connectivity index (χ0v) is 14.5. The highest BCUT2D eigenvalue weighted by Crippen LogP contribution is 2.30. The van der Waals surface area contributed by atoms with Crippen LogP contribution < -0.4 is 4.90 Å². The number of para-hydroxylation sites is 1. The molecule has 0 saturated heterocycles. The van der Waals surface area contributed by atoms with Gasteiger partial charge in [0.25, 0.3) is 0 Å². The molecule has 0 N–H and O–H groups in total. The van der Waals surface area contributed by atoms with E-state index in [9.17, 15) is 0 Å². The van der Waals surface area contributed by atoms with Gasteiger partial charge in [-0.1, -0.05) is 91.1 Å². The second kappa shape index (κ2) is 6.88. The van der Waals surface area contributed by atoms with Gasteiger partial charge in [0, 0.05) is 16.9 Å². The van der Waals surface area contributed by atoms with Crippen LogP contribution in [0.15, 0.2) is 103 Å². The number of thiocarbonyl (C=S) groups is 1. The number of fused-ring (bicyclic) bond motifs is 1. The summed E-state index contributed by atoms with van der Waals surface area (Å²) in [6.07, 6.45) is 0. The van der Waals surface area contributed by atoms with Crippen LogP contribution in [0.3, 0.4) is 0 Å². The molecule has 0 aromatic heterocycles. The fourth-order valence-corrected chi connectivity index (χ4v) is 3.33. The van der Waals surface area contributed by atoms with E-state index in [-0.39, 0.29) is 0 Å². The van der Waals surface area contributed by atoms with Crippen LogP contribution >= 0.6 is 12.2 Å². The largest absolute Gasteiger partial charge is 0.301 e. The highest BCUT2D eigenvalue weighted by atomic mass is 32.1. The maximum absolute atomic E-state index is 5.85. The van der Waals surface area contributed by atoms with Crippen molar-refractivity contribution in [1.29, 1.82) is 0 Å². The van der Waals surface area contributed by atoms with Gasteiger partial charge in [-0.3, -0.25) is 0 Å². The Morgan fingerprint density at radius 2 is 1.16 bits per heavy atom. The molecule has 2 heteroatoms. The van der Waals surface area contributed by atoms with Crippen LogP contribution in [-0.4, -0.2) is 4.99 Å². The first-order chi connectivity index (χ1) is 12.3. The Morgan fingerprint density at radius 3 is 1.88 bits per heavy atom. The average molecular weight is 339 g/mol. The average Bonchev–Trinajstić information content (AvgIpc) is 2.69. The first kappa shape index (κ1) is 15.6. The predicted octanol–water partition coefficient (Wildman–Crippen LogP) is 6.35. The molecule has 4 rings (SSSR count). The van der Waals surface area contributed by atoms with Gasteiger partial charge in [-0.2, -0.15) is 0 Å². The van der Waals surface area contributed by atoms with E-state index in [1.54, 1.807) is 0 Å². The second-order valence-corrected chi connectivity index (χ2v) is 6.26. The molecule has 120 valence electrons. The third-order valence-electron chi connectivity index (χ3n) is 4.23. The number of nitrogens with zero attached hydrogens (tertiary/aromatic N) is 1. The fraction of sp³-hybridized carbons (Fsp3) is 0. The summed E-state index contributed by atoms with van der Waals surface area (Å²) < 4.78 is 0. The normalized spacial score (nSPS) is 10.6. The fourth-order valence-electron chi connectivity index (χ4n) is 2.99. The summed E-state index contributed by atoms with van der Waals surface area (Å²) in [4.78, 5) is 2.93. The van der Waals surface area contributed by atoms with Gasteiger partial charge < -0.3 is 4.90 Å². The highest BCUT2D eigenvalue weighted by Gasteiger charge is 2.16. The molecule has 1 nitrogen and oxygen atoms in total. The van der Waals surface area contributed by atoms with Crippen LogP contribution in [0.4, 0.5) is 11.4 Å². The van der Waals surface area contributed by atoms with Crippen molar-refractivity contribution in [2.75, 3.05) is 4.90 Å². The van der Waals surface area contributed by atoms with Gasteiger partial charge in [-0.15, -0.1) is 0 Å².